The van der Waals surface area contributed by atoms with Crippen molar-refractivity contribution in [1.29, 1.82) is 0 Å². The van der Waals surface area contributed by atoms with Crippen LogP contribution in [0.25, 0.3) is 5.57 Å². The number of rotatable bonds is 5. The molecule has 3 atom stereocenters. The van der Waals surface area contributed by atoms with Gasteiger partial charge in [0.25, 0.3) is 0 Å². The minimum Gasteiger partial charge on any atom is -0.496 e. The first-order chi connectivity index (χ1) is 13.1. The van der Waals surface area contributed by atoms with Crippen molar-refractivity contribution in [3.63, 3.8) is 0 Å². The molecule has 0 spiro atoms. The highest BCUT2D eigenvalue weighted by molar-refractivity contribution is 6.22. The summed E-state index contributed by atoms with van der Waals surface area (Å²) in [7, 11) is 3.11. The van der Waals surface area contributed by atoms with Crippen LogP contribution in [0.2, 0.25) is 0 Å². The van der Waals surface area contributed by atoms with Crippen LogP contribution >= 0.6 is 0 Å². The number of fused-ring (bicyclic) bond motifs is 1. The second-order valence-electron chi connectivity index (χ2n) is 6.48. The molecule has 1 fully saturated rings. The zero-order chi connectivity index (χ0) is 19.4. The summed E-state index contributed by atoms with van der Waals surface area (Å²) in [5, 5.41) is 0. The molecule has 0 radical (unpaired) electrons. The first kappa shape index (κ1) is 19.1. The quantitative estimate of drug-likeness (QED) is 0.729. The van der Waals surface area contributed by atoms with E-state index < -0.39 is 6.16 Å². The zero-order valence-corrected chi connectivity index (χ0v) is 15.7. The fourth-order valence-corrected chi connectivity index (χ4v) is 3.57. The predicted octanol–water partition coefficient (Wildman–Crippen LogP) is 3.35. The van der Waals surface area contributed by atoms with Crippen LogP contribution in [0, 0.1) is 5.92 Å². The Labute approximate surface area is 158 Å². The Morgan fingerprint density at radius 3 is 2.67 bits per heavy atom. The van der Waals surface area contributed by atoms with Gasteiger partial charge in [-0.2, -0.15) is 0 Å². The molecular weight excluding hydrogens is 352 g/mol. The number of hydrogen-bond acceptors (Lipinski definition) is 7. The molecule has 0 aromatic heterocycles. The number of Topliss-reactive ketones (excluding diaryl/α,β-unsaturated/α-hetero) is 1. The fourth-order valence-electron chi connectivity index (χ4n) is 3.57. The summed E-state index contributed by atoms with van der Waals surface area (Å²) in [5.41, 5.74) is 1.24. The molecule has 0 saturated heterocycles. The van der Waals surface area contributed by atoms with Gasteiger partial charge in [-0.05, 0) is 37.5 Å². The zero-order valence-electron chi connectivity index (χ0n) is 15.7. The highest BCUT2D eigenvalue weighted by Gasteiger charge is 2.41. The Morgan fingerprint density at radius 2 is 1.96 bits per heavy atom. The van der Waals surface area contributed by atoms with Crippen molar-refractivity contribution in [3.05, 3.63) is 30.0 Å². The number of hydrogen-bond donors (Lipinski definition) is 0. The number of carbonyl (C=O) groups excluding carboxylic acids is 2. The summed E-state index contributed by atoms with van der Waals surface area (Å²) < 4.78 is 26.5. The van der Waals surface area contributed by atoms with Crippen molar-refractivity contribution < 1.29 is 33.3 Å². The summed E-state index contributed by atoms with van der Waals surface area (Å²) in [5.74, 6) is 0.936. The lowest BCUT2D eigenvalue weighted by Gasteiger charge is -2.37. The molecule has 3 unspecified atom stereocenters. The Morgan fingerprint density at radius 1 is 1.19 bits per heavy atom. The molecule has 1 aliphatic carbocycles. The van der Waals surface area contributed by atoms with Crippen LogP contribution in [0.15, 0.2) is 24.5 Å². The van der Waals surface area contributed by atoms with Gasteiger partial charge in [-0.1, -0.05) is 6.07 Å². The van der Waals surface area contributed by atoms with E-state index in [4.69, 9.17) is 23.7 Å². The Bertz CT molecular complexity index is 740. The lowest BCUT2D eigenvalue weighted by Crippen LogP contribution is -2.42. The monoisotopic (exact) mass is 376 g/mol. The van der Waals surface area contributed by atoms with Crippen LogP contribution < -0.4 is 9.47 Å². The number of benzene rings is 1. The second-order valence-corrected chi connectivity index (χ2v) is 6.48. The van der Waals surface area contributed by atoms with E-state index in [-0.39, 0.29) is 30.5 Å². The van der Waals surface area contributed by atoms with Gasteiger partial charge < -0.3 is 23.7 Å². The average Bonchev–Trinajstić information content (AvgIpc) is 2.68. The molecule has 146 valence electrons. The highest BCUT2D eigenvalue weighted by atomic mass is 16.7. The van der Waals surface area contributed by atoms with Gasteiger partial charge in [0.05, 0.1) is 38.6 Å². The van der Waals surface area contributed by atoms with Crippen molar-refractivity contribution in [1.82, 2.24) is 0 Å². The Kier molecular flexibility index (Phi) is 5.88. The van der Waals surface area contributed by atoms with E-state index in [9.17, 15) is 9.59 Å². The normalized spacial score (nSPS) is 24.2. The Balaban J connectivity index is 1.73. The van der Waals surface area contributed by atoms with Crippen LogP contribution in [0.4, 0.5) is 4.79 Å². The molecule has 2 aliphatic rings. The first-order valence-electron chi connectivity index (χ1n) is 9.03. The molecule has 1 saturated carbocycles. The van der Waals surface area contributed by atoms with E-state index in [1.807, 2.05) is 6.07 Å². The minimum absolute atomic E-state index is 0.0352. The minimum atomic E-state index is -0.676. The van der Waals surface area contributed by atoms with Gasteiger partial charge in [0.2, 0.25) is 0 Å². The maximum absolute atomic E-state index is 13.0. The van der Waals surface area contributed by atoms with E-state index in [2.05, 4.69) is 0 Å². The molecule has 0 bridgehead atoms. The molecule has 1 heterocycles. The van der Waals surface area contributed by atoms with E-state index in [1.165, 1.54) is 6.26 Å². The highest BCUT2D eigenvalue weighted by Crippen LogP contribution is 2.39. The third kappa shape index (κ3) is 4.02. The smallest absolute Gasteiger partial charge is 0.496 e. The summed E-state index contributed by atoms with van der Waals surface area (Å²) in [4.78, 5) is 24.5. The molecule has 0 amide bonds. The number of allylic oxidation sites excluding steroid dienone is 1. The SMILES string of the molecule is CCOC(=O)OC1CCC2C(=O)C(c3ccc(OC)c(OC)c3)=COC2C1. The van der Waals surface area contributed by atoms with Crippen molar-refractivity contribution in [2.45, 2.75) is 38.4 Å². The Hall–Kier alpha value is -2.70. The molecule has 7 heteroatoms. The van der Waals surface area contributed by atoms with Crippen LogP contribution in [0.1, 0.15) is 31.7 Å². The first-order valence-corrected chi connectivity index (χ1v) is 9.03. The van der Waals surface area contributed by atoms with Gasteiger partial charge in [0.15, 0.2) is 17.3 Å². The lowest BCUT2D eigenvalue weighted by atomic mass is 9.78. The number of ketones is 1. The van der Waals surface area contributed by atoms with E-state index in [0.29, 0.717) is 36.3 Å². The number of ether oxygens (including phenoxy) is 5. The van der Waals surface area contributed by atoms with Crippen molar-refractivity contribution in [2.75, 3.05) is 20.8 Å². The second kappa shape index (κ2) is 8.33. The molecular formula is C20H24O7. The fraction of sp³-hybridized carbons (Fsp3) is 0.500. The summed E-state index contributed by atoms with van der Waals surface area (Å²) in [6, 6.07) is 5.34. The predicted molar refractivity (Wildman–Crippen MR) is 96.6 cm³/mol. The average molecular weight is 376 g/mol. The molecule has 1 aromatic carbocycles. The largest absolute Gasteiger partial charge is 0.508 e. The standard InChI is InChI=1S/C20H24O7/c1-4-25-20(22)27-13-6-7-14-17(10-13)26-11-15(19(14)21)12-5-8-16(23-2)18(9-12)24-3/h5,8-9,11,13-14,17H,4,6-7,10H2,1-3H3. The molecule has 27 heavy (non-hydrogen) atoms. The third-order valence-corrected chi connectivity index (χ3v) is 4.93. The van der Waals surface area contributed by atoms with Crippen molar-refractivity contribution >= 4 is 17.5 Å². The van der Waals surface area contributed by atoms with Gasteiger partial charge in [0, 0.05) is 6.42 Å². The van der Waals surface area contributed by atoms with Crippen LogP contribution in [0.5, 0.6) is 11.5 Å². The summed E-state index contributed by atoms with van der Waals surface area (Å²) >= 11 is 0. The van der Waals surface area contributed by atoms with E-state index >= 15 is 0 Å². The molecule has 1 aromatic rings. The topological polar surface area (TPSA) is 80.3 Å². The molecule has 1 aliphatic heterocycles. The van der Waals surface area contributed by atoms with Gasteiger partial charge in [0.1, 0.15) is 12.2 Å². The van der Waals surface area contributed by atoms with Gasteiger partial charge in [-0.15, -0.1) is 0 Å². The molecule has 3 rings (SSSR count). The summed E-state index contributed by atoms with van der Waals surface area (Å²) in [6.45, 7) is 1.99. The lowest BCUT2D eigenvalue weighted by molar-refractivity contribution is -0.127. The maximum Gasteiger partial charge on any atom is 0.508 e. The van der Waals surface area contributed by atoms with Crippen LogP contribution in [-0.2, 0) is 19.0 Å². The van der Waals surface area contributed by atoms with Crippen molar-refractivity contribution in [2.24, 2.45) is 5.92 Å². The van der Waals surface area contributed by atoms with E-state index in [0.717, 1.165) is 5.56 Å². The van der Waals surface area contributed by atoms with Crippen LogP contribution in [0.3, 0.4) is 0 Å². The number of carbonyl (C=O) groups is 2. The van der Waals surface area contributed by atoms with Crippen LogP contribution in [-0.4, -0.2) is 45.0 Å². The van der Waals surface area contributed by atoms with Gasteiger partial charge in [-0.3, -0.25) is 4.79 Å². The van der Waals surface area contributed by atoms with Gasteiger partial charge >= 0.3 is 6.16 Å². The molecule has 0 N–H and O–H groups in total. The van der Waals surface area contributed by atoms with Gasteiger partial charge in [-0.25, -0.2) is 4.79 Å². The summed E-state index contributed by atoms with van der Waals surface area (Å²) in [6.07, 6.45) is 1.91. The van der Waals surface area contributed by atoms with Crippen molar-refractivity contribution in [3.8, 4) is 11.5 Å². The maximum atomic E-state index is 13.0. The third-order valence-electron chi connectivity index (χ3n) is 4.93. The van der Waals surface area contributed by atoms with E-state index in [1.54, 1.807) is 33.3 Å². The molecule has 7 nitrogen and oxygen atoms in total. The number of methoxy groups -OCH3 is 2.